The van der Waals surface area contributed by atoms with E-state index >= 15 is 0 Å². The number of carboxylic acids is 1. The summed E-state index contributed by atoms with van der Waals surface area (Å²) in [5, 5.41) is 11.3. The fourth-order valence-electron chi connectivity index (χ4n) is 2.19. The number of rotatable bonds is 6. The molecule has 2 amide bonds. The van der Waals surface area contributed by atoms with Crippen LogP contribution >= 0.6 is 11.8 Å². The van der Waals surface area contributed by atoms with Crippen molar-refractivity contribution in [3.63, 3.8) is 0 Å². The quantitative estimate of drug-likeness (QED) is 0.749. The van der Waals surface area contributed by atoms with Crippen molar-refractivity contribution in [3.8, 4) is 0 Å². The summed E-state index contributed by atoms with van der Waals surface area (Å²) in [6, 6.07) is -0.939. The van der Waals surface area contributed by atoms with Crippen LogP contribution in [-0.2, 0) is 14.4 Å². The third-order valence-corrected chi connectivity index (χ3v) is 4.22. The summed E-state index contributed by atoms with van der Waals surface area (Å²) in [7, 11) is 0. The van der Waals surface area contributed by atoms with Crippen LogP contribution in [-0.4, -0.2) is 58.4 Å². The summed E-state index contributed by atoms with van der Waals surface area (Å²) in [4.78, 5) is 35.6. The molecule has 0 bridgehead atoms. The molecule has 7 heteroatoms. The second kappa shape index (κ2) is 8.14. The van der Waals surface area contributed by atoms with Gasteiger partial charge in [0.1, 0.15) is 6.04 Å². The number of piperidine rings is 1. The van der Waals surface area contributed by atoms with Crippen molar-refractivity contribution in [1.29, 1.82) is 0 Å². The number of hydrogen-bond acceptors (Lipinski definition) is 4. The summed E-state index contributed by atoms with van der Waals surface area (Å²) < 4.78 is 0. The first kappa shape index (κ1) is 16.8. The highest BCUT2D eigenvalue weighted by molar-refractivity contribution is 8.00. The third kappa shape index (κ3) is 5.81. The number of amides is 2. The molecule has 6 nitrogen and oxygen atoms in total. The Hall–Kier alpha value is -1.24. The van der Waals surface area contributed by atoms with Crippen LogP contribution in [0.4, 0.5) is 0 Å². The van der Waals surface area contributed by atoms with Crippen molar-refractivity contribution in [2.45, 2.75) is 32.7 Å². The molecule has 2 N–H and O–H groups in total. The second-order valence-electron chi connectivity index (χ2n) is 5.19. The maximum absolute atomic E-state index is 12.0. The molecule has 1 aliphatic rings. The number of carbonyl (C=O) groups is 3. The molecule has 0 aromatic carbocycles. The highest BCUT2D eigenvalue weighted by Crippen LogP contribution is 2.16. The van der Waals surface area contributed by atoms with Crippen molar-refractivity contribution >= 4 is 29.5 Å². The lowest BCUT2D eigenvalue weighted by Crippen LogP contribution is -2.42. The van der Waals surface area contributed by atoms with E-state index in [4.69, 9.17) is 5.11 Å². The SMILES string of the molecule is CC(=O)N[C@@H](CSCC(=O)N1CCCC(C)C1)C(=O)O. The van der Waals surface area contributed by atoms with E-state index in [0.29, 0.717) is 5.92 Å². The van der Waals surface area contributed by atoms with Crippen LogP contribution in [0.1, 0.15) is 26.7 Å². The zero-order valence-corrected chi connectivity index (χ0v) is 12.7. The predicted molar refractivity (Wildman–Crippen MR) is 77.5 cm³/mol. The van der Waals surface area contributed by atoms with Crippen molar-refractivity contribution in [1.82, 2.24) is 10.2 Å². The van der Waals surface area contributed by atoms with E-state index in [1.54, 1.807) is 0 Å². The molecule has 0 radical (unpaired) electrons. The van der Waals surface area contributed by atoms with Gasteiger partial charge in [0, 0.05) is 25.8 Å². The largest absolute Gasteiger partial charge is 0.480 e. The Morgan fingerprint density at radius 1 is 1.45 bits per heavy atom. The molecule has 1 heterocycles. The topological polar surface area (TPSA) is 86.7 Å². The van der Waals surface area contributed by atoms with Gasteiger partial charge in [-0.2, -0.15) is 0 Å². The van der Waals surface area contributed by atoms with Gasteiger partial charge in [0.2, 0.25) is 11.8 Å². The third-order valence-electron chi connectivity index (χ3n) is 3.20. The average Bonchev–Trinajstić information content (AvgIpc) is 2.36. The average molecular weight is 302 g/mol. The van der Waals surface area contributed by atoms with Gasteiger partial charge >= 0.3 is 5.97 Å². The van der Waals surface area contributed by atoms with Gasteiger partial charge in [-0.3, -0.25) is 9.59 Å². The summed E-state index contributed by atoms with van der Waals surface area (Å²) in [5.41, 5.74) is 0. The number of aliphatic carboxylic acids is 1. The van der Waals surface area contributed by atoms with Gasteiger partial charge in [0.05, 0.1) is 5.75 Å². The first-order chi connectivity index (χ1) is 9.40. The molecule has 0 aromatic heterocycles. The van der Waals surface area contributed by atoms with Gasteiger partial charge in [0.15, 0.2) is 0 Å². The lowest BCUT2D eigenvalue weighted by molar-refractivity contribution is -0.140. The minimum atomic E-state index is -1.08. The van der Waals surface area contributed by atoms with Crippen LogP contribution in [0.5, 0.6) is 0 Å². The molecule has 0 aromatic rings. The van der Waals surface area contributed by atoms with E-state index in [-0.39, 0.29) is 23.3 Å². The molecule has 0 aliphatic carbocycles. The van der Waals surface area contributed by atoms with Crippen LogP contribution in [0.15, 0.2) is 0 Å². The molecule has 0 saturated carbocycles. The van der Waals surface area contributed by atoms with Crippen molar-refractivity contribution < 1.29 is 19.5 Å². The van der Waals surface area contributed by atoms with Crippen molar-refractivity contribution in [2.75, 3.05) is 24.6 Å². The summed E-state index contributed by atoms with van der Waals surface area (Å²) in [6.45, 7) is 4.98. The van der Waals surface area contributed by atoms with Gasteiger partial charge in [0.25, 0.3) is 0 Å². The van der Waals surface area contributed by atoms with Gasteiger partial charge in [-0.05, 0) is 18.8 Å². The lowest BCUT2D eigenvalue weighted by atomic mass is 10.0. The van der Waals surface area contributed by atoms with Gasteiger partial charge < -0.3 is 15.3 Å². The van der Waals surface area contributed by atoms with E-state index in [0.717, 1.165) is 25.9 Å². The standard InChI is InChI=1S/C13H22N2O4S/c1-9-4-3-5-15(6-9)12(17)8-20-7-11(13(18)19)14-10(2)16/h9,11H,3-8H2,1-2H3,(H,14,16)(H,18,19)/t9?,11-/m0/s1. The number of thioether (sulfide) groups is 1. The van der Waals surface area contributed by atoms with Crippen LogP contribution in [0.25, 0.3) is 0 Å². The zero-order chi connectivity index (χ0) is 15.1. The fourth-order valence-corrected chi connectivity index (χ4v) is 3.13. The summed E-state index contributed by atoms with van der Waals surface area (Å²) >= 11 is 1.25. The molecule has 0 spiro atoms. The van der Waals surface area contributed by atoms with Crippen molar-refractivity contribution in [2.24, 2.45) is 5.92 Å². The Morgan fingerprint density at radius 2 is 2.15 bits per heavy atom. The van der Waals surface area contributed by atoms with Crippen LogP contribution in [0, 0.1) is 5.92 Å². The first-order valence-electron chi connectivity index (χ1n) is 6.75. The maximum Gasteiger partial charge on any atom is 0.327 e. The Kier molecular flexibility index (Phi) is 6.84. The molecule has 20 heavy (non-hydrogen) atoms. The van der Waals surface area contributed by atoms with E-state index in [9.17, 15) is 14.4 Å². The predicted octanol–water partition coefficient (Wildman–Crippen LogP) is 0.567. The summed E-state index contributed by atoms with van der Waals surface area (Å²) in [6.07, 6.45) is 2.18. The number of nitrogens with one attached hydrogen (secondary N) is 1. The normalized spacial score (nSPS) is 20.3. The molecule has 114 valence electrons. The number of carboxylic acid groups (broad SMARTS) is 1. The Bertz CT molecular complexity index is 375. The van der Waals surface area contributed by atoms with Gasteiger partial charge in [-0.25, -0.2) is 4.79 Å². The Balaban J connectivity index is 2.32. The van der Waals surface area contributed by atoms with E-state index in [1.165, 1.54) is 18.7 Å². The molecule has 1 saturated heterocycles. The highest BCUT2D eigenvalue weighted by Gasteiger charge is 2.22. The molecule has 1 fully saturated rings. The molecule has 1 aliphatic heterocycles. The number of nitrogens with zero attached hydrogens (tertiary/aromatic N) is 1. The minimum Gasteiger partial charge on any atom is -0.480 e. The number of hydrogen-bond donors (Lipinski definition) is 2. The van der Waals surface area contributed by atoms with Gasteiger partial charge in [-0.15, -0.1) is 11.8 Å². The Labute approximate surface area is 123 Å². The molecule has 2 atom stereocenters. The number of likely N-dealkylation sites (tertiary alicyclic amines) is 1. The first-order valence-corrected chi connectivity index (χ1v) is 7.91. The molecular formula is C13H22N2O4S. The maximum atomic E-state index is 12.0. The van der Waals surface area contributed by atoms with Crippen molar-refractivity contribution in [3.05, 3.63) is 0 Å². The highest BCUT2D eigenvalue weighted by atomic mass is 32.2. The Morgan fingerprint density at radius 3 is 2.70 bits per heavy atom. The zero-order valence-electron chi connectivity index (χ0n) is 11.9. The van der Waals surface area contributed by atoms with E-state index in [2.05, 4.69) is 12.2 Å². The lowest BCUT2D eigenvalue weighted by Gasteiger charge is -2.31. The minimum absolute atomic E-state index is 0.0495. The molecule has 1 unspecified atom stereocenters. The van der Waals surface area contributed by atoms with Crippen LogP contribution < -0.4 is 5.32 Å². The smallest absolute Gasteiger partial charge is 0.327 e. The molecule has 1 rings (SSSR count). The van der Waals surface area contributed by atoms with Gasteiger partial charge in [-0.1, -0.05) is 6.92 Å². The van der Waals surface area contributed by atoms with E-state index < -0.39 is 12.0 Å². The summed E-state index contributed by atoms with van der Waals surface area (Å²) in [5.74, 6) is -0.418. The van der Waals surface area contributed by atoms with Crippen LogP contribution in [0.3, 0.4) is 0 Å². The molecular weight excluding hydrogens is 280 g/mol. The fraction of sp³-hybridized carbons (Fsp3) is 0.769. The number of carbonyl (C=O) groups excluding carboxylic acids is 2. The second-order valence-corrected chi connectivity index (χ2v) is 6.22. The van der Waals surface area contributed by atoms with E-state index in [1.807, 2.05) is 4.90 Å². The monoisotopic (exact) mass is 302 g/mol. The van der Waals surface area contributed by atoms with Crippen LogP contribution in [0.2, 0.25) is 0 Å².